The molecule has 0 amide bonds. The number of nitrogens with zero attached hydrogens (tertiary/aromatic N) is 1. The van der Waals surface area contributed by atoms with Gasteiger partial charge in [-0.3, -0.25) is 0 Å². The normalized spacial score (nSPS) is 17.2. The molecule has 0 saturated carbocycles. The summed E-state index contributed by atoms with van der Waals surface area (Å²) in [6, 6.07) is 15.1. The van der Waals surface area contributed by atoms with Crippen molar-refractivity contribution < 1.29 is 14.2 Å². The maximum atomic E-state index is 8.84. The van der Waals surface area contributed by atoms with Gasteiger partial charge >= 0.3 is 0 Å². The van der Waals surface area contributed by atoms with Crippen LogP contribution in [0.4, 0.5) is 0 Å². The van der Waals surface area contributed by atoms with Crippen LogP contribution in [0.1, 0.15) is 30.4 Å². The van der Waals surface area contributed by atoms with Crippen LogP contribution in [0.3, 0.4) is 0 Å². The molecule has 3 rings (SSSR count). The summed E-state index contributed by atoms with van der Waals surface area (Å²) in [6.07, 6.45) is 3.13. The SMILES string of the molecule is N#Cc1ccc(Oc2ccc(I)c(COC3CCCCO3)c2)cc1. The molecule has 0 spiro atoms. The molecule has 2 aromatic carbocycles. The van der Waals surface area contributed by atoms with Crippen LogP contribution in [0.2, 0.25) is 0 Å². The average molecular weight is 435 g/mol. The van der Waals surface area contributed by atoms with Crippen molar-refractivity contribution in [2.24, 2.45) is 0 Å². The molecule has 24 heavy (non-hydrogen) atoms. The summed E-state index contributed by atoms with van der Waals surface area (Å²) >= 11 is 2.30. The standard InChI is InChI=1S/C19H18INO3/c20-18-9-8-17(24-16-6-4-14(12-21)5-7-16)11-15(18)13-23-19-3-1-2-10-22-19/h4-9,11,19H,1-3,10,13H2. The van der Waals surface area contributed by atoms with E-state index in [0.29, 0.717) is 17.9 Å². The zero-order valence-corrected chi connectivity index (χ0v) is 15.4. The van der Waals surface area contributed by atoms with Gasteiger partial charge in [-0.15, -0.1) is 0 Å². The molecule has 0 aliphatic carbocycles. The predicted octanol–water partition coefficient (Wildman–Crippen LogP) is 5.00. The van der Waals surface area contributed by atoms with E-state index >= 15 is 0 Å². The van der Waals surface area contributed by atoms with Crippen LogP contribution >= 0.6 is 22.6 Å². The average Bonchev–Trinajstić information content (AvgIpc) is 2.63. The molecule has 5 heteroatoms. The number of hydrogen-bond acceptors (Lipinski definition) is 4. The van der Waals surface area contributed by atoms with E-state index in [2.05, 4.69) is 28.7 Å². The lowest BCUT2D eigenvalue weighted by atomic mass is 10.2. The summed E-state index contributed by atoms with van der Waals surface area (Å²) in [5.41, 5.74) is 1.70. The van der Waals surface area contributed by atoms with Gasteiger partial charge in [0.2, 0.25) is 0 Å². The maximum absolute atomic E-state index is 8.84. The molecule has 1 heterocycles. The summed E-state index contributed by atoms with van der Waals surface area (Å²) in [4.78, 5) is 0. The lowest BCUT2D eigenvalue weighted by Gasteiger charge is -2.23. The molecule has 0 N–H and O–H groups in total. The van der Waals surface area contributed by atoms with Crippen molar-refractivity contribution in [3.63, 3.8) is 0 Å². The fourth-order valence-electron chi connectivity index (χ4n) is 2.48. The Morgan fingerprint density at radius 1 is 1.12 bits per heavy atom. The Balaban J connectivity index is 1.65. The molecular weight excluding hydrogens is 417 g/mol. The van der Waals surface area contributed by atoms with Crippen LogP contribution in [-0.4, -0.2) is 12.9 Å². The summed E-state index contributed by atoms with van der Waals surface area (Å²) in [5, 5.41) is 8.84. The van der Waals surface area contributed by atoms with Gasteiger partial charge in [-0.1, -0.05) is 0 Å². The van der Waals surface area contributed by atoms with E-state index in [1.807, 2.05) is 18.2 Å². The summed E-state index contributed by atoms with van der Waals surface area (Å²) in [6.45, 7) is 1.29. The second-order valence-corrected chi connectivity index (χ2v) is 6.76. The van der Waals surface area contributed by atoms with Crippen molar-refractivity contribution in [3.8, 4) is 17.6 Å². The first-order valence-electron chi connectivity index (χ1n) is 7.94. The molecule has 0 bridgehead atoms. The highest BCUT2D eigenvalue weighted by atomic mass is 127. The molecule has 1 aliphatic heterocycles. The highest BCUT2D eigenvalue weighted by Gasteiger charge is 2.15. The van der Waals surface area contributed by atoms with Crippen molar-refractivity contribution in [2.75, 3.05) is 6.61 Å². The van der Waals surface area contributed by atoms with Crippen LogP contribution in [0.25, 0.3) is 0 Å². The minimum atomic E-state index is -0.0994. The zero-order chi connectivity index (χ0) is 16.8. The van der Waals surface area contributed by atoms with Gasteiger partial charge in [0.1, 0.15) is 11.5 Å². The zero-order valence-electron chi connectivity index (χ0n) is 13.2. The first-order valence-corrected chi connectivity index (χ1v) is 9.02. The second-order valence-electron chi connectivity index (χ2n) is 5.60. The number of rotatable bonds is 5. The minimum Gasteiger partial charge on any atom is -0.457 e. The fourth-order valence-corrected chi connectivity index (χ4v) is 2.98. The highest BCUT2D eigenvalue weighted by molar-refractivity contribution is 14.1. The van der Waals surface area contributed by atoms with Gasteiger partial charge in [0.15, 0.2) is 6.29 Å². The number of hydrogen-bond donors (Lipinski definition) is 0. The monoisotopic (exact) mass is 435 g/mol. The summed E-state index contributed by atoms with van der Waals surface area (Å²) in [5.74, 6) is 1.46. The molecule has 1 aliphatic rings. The molecule has 4 nitrogen and oxygen atoms in total. The third kappa shape index (κ3) is 4.69. The van der Waals surface area contributed by atoms with Gasteiger partial charge in [-0.25, -0.2) is 0 Å². The third-order valence-corrected chi connectivity index (χ3v) is 4.85. The van der Waals surface area contributed by atoms with Gasteiger partial charge < -0.3 is 14.2 Å². The van der Waals surface area contributed by atoms with E-state index in [0.717, 1.165) is 40.8 Å². The van der Waals surface area contributed by atoms with E-state index in [-0.39, 0.29) is 6.29 Å². The number of benzene rings is 2. The molecule has 0 aromatic heterocycles. The molecule has 1 fully saturated rings. The highest BCUT2D eigenvalue weighted by Crippen LogP contribution is 2.26. The molecule has 1 saturated heterocycles. The topological polar surface area (TPSA) is 51.5 Å². The Hall–Kier alpha value is -1.62. The lowest BCUT2D eigenvalue weighted by Crippen LogP contribution is -2.22. The first kappa shape index (κ1) is 17.2. The van der Waals surface area contributed by atoms with Gasteiger partial charge in [-0.05, 0) is 89.9 Å². The Labute approximate surface area is 155 Å². The molecule has 124 valence electrons. The predicted molar refractivity (Wildman–Crippen MR) is 98.8 cm³/mol. The van der Waals surface area contributed by atoms with E-state index < -0.39 is 0 Å². The molecule has 1 unspecified atom stereocenters. The Bertz CT molecular complexity index is 718. The van der Waals surface area contributed by atoms with Crippen LogP contribution in [-0.2, 0) is 16.1 Å². The van der Waals surface area contributed by atoms with E-state index in [1.54, 1.807) is 24.3 Å². The van der Waals surface area contributed by atoms with Gasteiger partial charge in [-0.2, -0.15) is 5.26 Å². The van der Waals surface area contributed by atoms with Gasteiger partial charge in [0.25, 0.3) is 0 Å². The number of nitriles is 1. The van der Waals surface area contributed by atoms with Gasteiger partial charge in [0, 0.05) is 10.2 Å². The number of ether oxygens (including phenoxy) is 3. The lowest BCUT2D eigenvalue weighted by molar-refractivity contribution is -0.169. The van der Waals surface area contributed by atoms with E-state index in [4.69, 9.17) is 19.5 Å². The van der Waals surface area contributed by atoms with E-state index in [1.165, 1.54) is 0 Å². The van der Waals surface area contributed by atoms with Crippen molar-refractivity contribution in [2.45, 2.75) is 32.2 Å². The maximum Gasteiger partial charge on any atom is 0.158 e. The van der Waals surface area contributed by atoms with Crippen LogP contribution in [0.5, 0.6) is 11.5 Å². The summed E-state index contributed by atoms with van der Waals surface area (Å²) < 4.78 is 18.5. The van der Waals surface area contributed by atoms with Crippen LogP contribution in [0, 0.1) is 14.9 Å². The Morgan fingerprint density at radius 2 is 1.92 bits per heavy atom. The minimum absolute atomic E-state index is 0.0994. The first-order chi connectivity index (χ1) is 11.7. The molecular formula is C19H18INO3. The van der Waals surface area contributed by atoms with Crippen molar-refractivity contribution >= 4 is 22.6 Å². The van der Waals surface area contributed by atoms with Crippen LogP contribution < -0.4 is 4.74 Å². The van der Waals surface area contributed by atoms with Crippen molar-refractivity contribution in [3.05, 3.63) is 57.2 Å². The number of halogens is 1. The largest absolute Gasteiger partial charge is 0.457 e. The van der Waals surface area contributed by atoms with E-state index in [9.17, 15) is 0 Å². The second kappa shape index (κ2) is 8.47. The van der Waals surface area contributed by atoms with Crippen molar-refractivity contribution in [1.29, 1.82) is 5.26 Å². The quantitative estimate of drug-likeness (QED) is 0.621. The molecule has 2 aromatic rings. The molecule has 1 atom stereocenters. The van der Waals surface area contributed by atoms with Crippen LogP contribution in [0.15, 0.2) is 42.5 Å². The Kier molecular flexibility index (Phi) is 6.07. The smallest absolute Gasteiger partial charge is 0.158 e. The van der Waals surface area contributed by atoms with Crippen molar-refractivity contribution in [1.82, 2.24) is 0 Å². The Morgan fingerprint density at radius 3 is 2.62 bits per heavy atom. The van der Waals surface area contributed by atoms with Gasteiger partial charge in [0.05, 0.1) is 18.2 Å². The molecule has 0 radical (unpaired) electrons. The fraction of sp³-hybridized carbons (Fsp3) is 0.316. The summed E-state index contributed by atoms with van der Waals surface area (Å²) in [7, 11) is 0. The third-order valence-electron chi connectivity index (χ3n) is 3.80.